The SMILES string of the molecule is CCOc1ccccc1N1CC(C(=O)Nc2ccc(-c3ccccc3)cc2)CC1=O. The van der Waals surface area contributed by atoms with Crippen molar-refractivity contribution in [1.82, 2.24) is 0 Å². The number of ether oxygens (including phenoxy) is 1. The van der Waals surface area contributed by atoms with Crippen LogP contribution in [-0.4, -0.2) is 25.0 Å². The molecule has 0 saturated carbocycles. The van der Waals surface area contributed by atoms with Gasteiger partial charge < -0.3 is 15.0 Å². The summed E-state index contributed by atoms with van der Waals surface area (Å²) in [6.45, 7) is 2.76. The Hall–Kier alpha value is -3.60. The third-order valence-corrected chi connectivity index (χ3v) is 5.21. The van der Waals surface area contributed by atoms with E-state index in [1.54, 1.807) is 4.90 Å². The van der Waals surface area contributed by atoms with Gasteiger partial charge in [-0.05, 0) is 42.3 Å². The number of hydrogen-bond donors (Lipinski definition) is 1. The summed E-state index contributed by atoms with van der Waals surface area (Å²) < 4.78 is 5.64. The van der Waals surface area contributed by atoms with E-state index in [0.717, 1.165) is 16.8 Å². The van der Waals surface area contributed by atoms with E-state index in [1.807, 2.05) is 85.8 Å². The zero-order chi connectivity index (χ0) is 20.9. The van der Waals surface area contributed by atoms with Crippen LogP contribution in [0.25, 0.3) is 11.1 Å². The lowest BCUT2D eigenvalue weighted by molar-refractivity contribution is -0.122. The van der Waals surface area contributed by atoms with Crippen LogP contribution >= 0.6 is 0 Å². The van der Waals surface area contributed by atoms with Crippen LogP contribution in [0.15, 0.2) is 78.9 Å². The molecule has 1 atom stereocenters. The van der Waals surface area contributed by atoms with Gasteiger partial charge in [0.2, 0.25) is 11.8 Å². The predicted octanol–water partition coefficient (Wildman–Crippen LogP) is 4.74. The second kappa shape index (κ2) is 8.82. The molecule has 0 bridgehead atoms. The Balaban J connectivity index is 1.43. The summed E-state index contributed by atoms with van der Waals surface area (Å²) in [5.74, 6) is 0.0424. The number of benzene rings is 3. The third kappa shape index (κ3) is 4.20. The number of rotatable bonds is 6. The highest BCUT2D eigenvalue weighted by atomic mass is 16.5. The minimum absolute atomic E-state index is 0.0678. The first-order valence-electron chi connectivity index (χ1n) is 10.1. The molecule has 0 radical (unpaired) electrons. The van der Waals surface area contributed by atoms with E-state index < -0.39 is 5.92 Å². The lowest BCUT2D eigenvalue weighted by Crippen LogP contribution is -2.28. The molecule has 1 fully saturated rings. The number of nitrogens with zero attached hydrogens (tertiary/aromatic N) is 1. The van der Waals surface area contributed by atoms with Crippen molar-refractivity contribution >= 4 is 23.2 Å². The second-order valence-electron chi connectivity index (χ2n) is 7.24. The van der Waals surface area contributed by atoms with Crippen LogP contribution < -0.4 is 15.0 Å². The van der Waals surface area contributed by atoms with Gasteiger partial charge in [-0.15, -0.1) is 0 Å². The van der Waals surface area contributed by atoms with Crippen LogP contribution in [-0.2, 0) is 9.59 Å². The molecular formula is C25H24N2O3. The summed E-state index contributed by atoms with van der Waals surface area (Å²) in [5, 5.41) is 2.95. The molecule has 152 valence electrons. The van der Waals surface area contributed by atoms with Gasteiger partial charge >= 0.3 is 0 Å². The zero-order valence-electron chi connectivity index (χ0n) is 16.9. The van der Waals surface area contributed by atoms with Gasteiger partial charge in [-0.25, -0.2) is 0 Å². The van der Waals surface area contributed by atoms with Gasteiger partial charge in [-0.1, -0.05) is 54.6 Å². The summed E-state index contributed by atoms with van der Waals surface area (Å²) in [4.78, 5) is 27.0. The first kappa shape index (κ1) is 19.7. The van der Waals surface area contributed by atoms with E-state index in [9.17, 15) is 9.59 Å². The van der Waals surface area contributed by atoms with Gasteiger partial charge in [-0.3, -0.25) is 9.59 Å². The van der Waals surface area contributed by atoms with E-state index in [-0.39, 0.29) is 18.2 Å². The average molecular weight is 400 g/mol. The molecule has 1 aliphatic heterocycles. The van der Waals surface area contributed by atoms with Gasteiger partial charge in [0.15, 0.2) is 0 Å². The Morgan fingerprint density at radius 2 is 1.63 bits per heavy atom. The molecule has 3 aromatic rings. The molecule has 0 aromatic heterocycles. The maximum atomic E-state index is 12.8. The lowest BCUT2D eigenvalue weighted by atomic mass is 10.0. The molecular weight excluding hydrogens is 376 g/mol. The molecule has 3 aromatic carbocycles. The number of hydrogen-bond acceptors (Lipinski definition) is 3. The molecule has 1 heterocycles. The van der Waals surface area contributed by atoms with Crippen molar-refractivity contribution in [2.75, 3.05) is 23.4 Å². The second-order valence-corrected chi connectivity index (χ2v) is 7.24. The van der Waals surface area contributed by atoms with Crippen molar-refractivity contribution in [1.29, 1.82) is 0 Å². The van der Waals surface area contributed by atoms with Crippen molar-refractivity contribution in [2.24, 2.45) is 5.92 Å². The Morgan fingerprint density at radius 1 is 0.967 bits per heavy atom. The number of anilines is 2. The van der Waals surface area contributed by atoms with Crippen LogP contribution in [0.2, 0.25) is 0 Å². The van der Waals surface area contributed by atoms with Crippen molar-refractivity contribution in [2.45, 2.75) is 13.3 Å². The standard InChI is InChI=1S/C25H24N2O3/c1-2-30-23-11-7-6-10-22(23)27-17-20(16-24(27)28)25(29)26-21-14-12-19(13-15-21)18-8-4-3-5-9-18/h3-15,20H,2,16-17H2,1H3,(H,26,29). The van der Waals surface area contributed by atoms with Crippen molar-refractivity contribution in [3.05, 3.63) is 78.9 Å². The smallest absolute Gasteiger partial charge is 0.229 e. The maximum Gasteiger partial charge on any atom is 0.229 e. The minimum Gasteiger partial charge on any atom is -0.492 e. The Bertz CT molecular complexity index is 1030. The molecule has 4 rings (SSSR count). The predicted molar refractivity (Wildman–Crippen MR) is 119 cm³/mol. The average Bonchev–Trinajstić information content (AvgIpc) is 3.17. The van der Waals surface area contributed by atoms with Gasteiger partial charge in [0.1, 0.15) is 5.75 Å². The molecule has 30 heavy (non-hydrogen) atoms. The molecule has 1 aliphatic rings. The van der Waals surface area contributed by atoms with Crippen molar-refractivity contribution < 1.29 is 14.3 Å². The normalized spacial score (nSPS) is 15.8. The van der Waals surface area contributed by atoms with Gasteiger partial charge in [0.05, 0.1) is 18.2 Å². The van der Waals surface area contributed by atoms with Gasteiger partial charge in [0, 0.05) is 18.7 Å². The number of amides is 2. The minimum atomic E-state index is -0.402. The highest BCUT2D eigenvalue weighted by Gasteiger charge is 2.36. The fourth-order valence-corrected chi connectivity index (χ4v) is 3.69. The molecule has 0 spiro atoms. The summed E-state index contributed by atoms with van der Waals surface area (Å²) in [5.41, 5.74) is 3.65. The molecule has 5 heteroatoms. The summed E-state index contributed by atoms with van der Waals surface area (Å²) >= 11 is 0. The molecule has 0 aliphatic carbocycles. The van der Waals surface area contributed by atoms with Crippen LogP contribution in [0.5, 0.6) is 5.75 Å². The van der Waals surface area contributed by atoms with Crippen LogP contribution in [0.4, 0.5) is 11.4 Å². The fraction of sp³-hybridized carbons (Fsp3) is 0.200. The largest absolute Gasteiger partial charge is 0.492 e. The molecule has 2 amide bonds. The van der Waals surface area contributed by atoms with Crippen LogP contribution in [0.3, 0.4) is 0 Å². The van der Waals surface area contributed by atoms with Crippen molar-refractivity contribution in [3.63, 3.8) is 0 Å². The molecule has 5 nitrogen and oxygen atoms in total. The summed E-state index contributed by atoms with van der Waals surface area (Å²) in [7, 11) is 0. The van der Waals surface area contributed by atoms with E-state index in [1.165, 1.54) is 0 Å². The van der Waals surface area contributed by atoms with E-state index in [2.05, 4.69) is 5.32 Å². The number of para-hydroxylation sites is 2. The monoisotopic (exact) mass is 400 g/mol. The molecule has 1 saturated heterocycles. The fourth-order valence-electron chi connectivity index (χ4n) is 3.69. The number of carbonyl (C=O) groups excluding carboxylic acids is 2. The highest BCUT2D eigenvalue weighted by molar-refractivity contribution is 6.04. The highest BCUT2D eigenvalue weighted by Crippen LogP contribution is 2.33. The molecule has 1 N–H and O–H groups in total. The van der Waals surface area contributed by atoms with E-state index >= 15 is 0 Å². The Kier molecular flexibility index (Phi) is 5.80. The first-order valence-corrected chi connectivity index (χ1v) is 10.1. The topological polar surface area (TPSA) is 58.6 Å². The lowest BCUT2D eigenvalue weighted by Gasteiger charge is -2.20. The quantitative estimate of drug-likeness (QED) is 0.650. The first-order chi connectivity index (χ1) is 14.7. The summed E-state index contributed by atoms with van der Waals surface area (Å²) in [6, 6.07) is 25.2. The van der Waals surface area contributed by atoms with Gasteiger partial charge in [-0.2, -0.15) is 0 Å². The third-order valence-electron chi connectivity index (χ3n) is 5.21. The number of nitrogens with one attached hydrogen (secondary N) is 1. The maximum absolute atomic E-state index is 12.8. The Morgan fingerprint density at radius 3 is 2.37 bits per heavy atom. The van der Waals surface area contributed by atoms with E-state index in [4.69, 9.17) is 4.74 Å². The van der Waals surface area contributed by atoms with Crippen LogP contribution in [0, 0.1) is 5.92 Å². The summed E-state index contributed by atoms with van der Waals surface area (Å²) in [6.07, 6.45) is 0.189. The van der Waals surface area contributed by atoms with E-state index in [0.29, 0.717) is 24.6 Å². The Labute approximate surface area is 176 Å². The van der Waals surface area contributed by atoms with Crippen LogP contribution in [0.1, 0.15) is 13.3 Å². The number of carbonyl (C=O) groups is 2. The molecule has 1 unspecified atom stereocenters. The van der Waals surface area contributed by atoms with Gasteiger partial charge in [0.25, 0.3) is 0 Å². The van der Waals surface area contributed by atoms with Crippen molar-refractivity contribution in [3.8, 4) is 16.9 Å². The zero-order valence-corrected chi connectivity index (χ0v) is 16.9.